The third-order valence-electron chi connectivity index (χ3n) is 1.64. The quantitative estimate of drug-likeness (QED) is 0.671. The van der Waals surface area contributed by atoms with Crippen LogP contribution in [0.3, 0.4) is 0 Å². The van der Waals surface area contributed by atoms with Gasteiger partial charge in [0.1, 0.15) is 5.82 Å². The zero-order chi connectivity index (χ0) is 8.72. The Hall–Kier alpha value is -1.16. The first-order chi connectivity index (χ1) is 5.68. The molecule has 0 unspecified atom stereocenters. The molecule has 0 aliphatic heterocycles. The van der Waals surface area contributed by atoms with Crippen LogP contribution in [0.2, 0.25) is 0 Å². The first-order valence-electron chi connectivity index (χ1n) is 3.31. The minimum Gasteiger partial charge on any atom is -0.395 e. The van der Waals surface area contributed by atoms with Crippen molar-refractivity contribution in [3.05, 3.63) is 29.1 Å². The molecule has 2 N–H and O–H groups in total. The lowest BCUT2D eigenvalue weighted by Crippen LogP contribution is -1.84. The summed E-state index contributed by atoms with van der Waals surface area (Å²) < 4.78 is 26.2. The minimum atomic E-state index is -0.449. The molecule has 62 valence electrons. The molecular weight excluding hydrogens is 180 g/mol. The molecule has 1 aromatic carbocycles. The van der Waals surface area contributed by atoms with Crippen molar-refractivity contribution >= 4 is 27.1 Å². The monoisotopic (exact) mass is 185 g/mol. The molecule has 0 radical (unpaired) electrons. The van der Waals surface area contributed by atoms with Crippen molar-refractivity contribution in [1.82, 2.24) is 0 Å². The predicted octanol–water partition coefficient (Wildman–Crippen LogP) is 2.76. The molecule has 0 aliphatic rings. The number of nitrogen functional groups attached to an aromatic ring is 1. The van der Waals surface area contributed by atoms with Gasteiger partial charge >= 0.3 is 0 Å². The van der Waals surface area contributed by atoms with Gasteiger partial charge in [-0.05, 0) is 18.2 Å². The van der Waals surface area contributed by atoms with E-state index in [4.69, 9.17) is 5.73 Å². The average Bonchev–Trinajstić information content (AvgIpc) is 2.31. The molecule has 0 aliphatic carbocycles. The summed E-state index contributed by atoms with van der Waals surface area (Å²) in [7, 11) is 0. The molecular formula is C8H5F2NS. The fourth-order valence-corrected chi connectivity index (χ4v) is 1.89. The van der Waals surface area contributed by atoms with Gasteiger partial charge < -0.3 is 5.73 Å². The topological polar surface area (TPSA) is 26.0 Å². The fraction of sp³-hybridized carbons (Fsp3) is 0. The summed E-state index contributed by atoms with van der Waals surface area (Å²) in [5, 5.41) is 0.00750. The Balaban J connectivity index is 2.88. The molecule has 0 saturated heterocycles. The van der Waals surface area contributed by atoms with E-state index in [0.29, 0.717) is 10.1 Å². The molecule has 1 aromatic heterocycles. The zero-order valence-electron chi connectivity index (χ0n) is 5.97. The van der Waals surface area contributed by atoms with Crippen molar-refractivity contribution in [1.29, 1.82) is 0 Å². The van der Waals surface area contributed by atoms with Gasteiger partial charge in [-0.25, -0.2) is 4.39 Å². The molecule has 2 aromatic rings. The summed E-state index contributed by atoms with van der Waals surface area (Å²) in [6, 6.07) is 4.05. The Morgan fingerprint density at radius 3 is 2.75 bits per heavy atom. The predicted molar refractivity (Wildman–Crippen MR) is 46.2 cm³/mol. The summed E-state index contributed by atoms with van der Waals surface area (Å²) in [6.45, 7) is 0. The van der Waals surface area contributed by atoms with Gasteiger partial charge in [-0.2, -0.15) is 4.39 Å². The molecule has 0 saturated carbocycles. The van der Waals surface area contributed by atoms with Crippen LogP contribution < -0.4 is 5.73 Å². The number of hydrogen-bond acceptors (Lipinski definition) is 2. The Morgan fingerprint density at radius 2 is 2.00 bits per heavy atom. The second-order valence-electron chi connectivity index (χ2n) is 2.43. The number of rotatable bonds is 0. The van der Waals surface area contributed by atoms with Crippen LogP contribution in [0.5, 0.6) is 0 Å². The van der Waals surface area contributed by atoms with Crippen LogP contribution >= 0.6 is 11.3 Å². The molecule has 0 atom stereocenters. The van der Waals surface area contributed by atoms with E-state index in [1.165, 1.54) is 18.2 Å². The number of nitrogens with two attached hydrogens (primary N) is 1. The normalized spacial score (nSPS) is 10.8. The molecule has 4 heteroatoms. The first-order valence-corrected chi connectivity index (χ1v) is 4.13. The minimum absolute atomic E-state index is 0.0366. The Bertz CT molecular complexity index is 436. The lowest BCUT2D eigenvalue weighted by Gasteiger charge is -1.90. The van der Waals surface area contributed by atoms with Crippen molar-refractivity contribution in [2.24, 2.45) is 0 Å². The van der Waals surface area contributed by atoms with Crippen molar-refractivity contribution in [3.8, 4) is 0 Å². The van der Waals surface area contributed by atoms with Crippen LogP contribution in [-0.2, 0) is 0 Å². The molecule has 0 bridgehead atoms. The maximum atomic E-state index is 12.8. The van der Waals surface area contributed by atoms with Gasteiger partial charge in [0.15, 0.2) is 0 Å². The summed E-state index contributed by atoms with van der Waals surface area (Å²) in [4.78, 5) is 0. The second kappa shape index (κ2) is 2.42. The van der Waals surface area contributed by atoms with Gasteiger partial charge in [-0.15, -0.1) is 11.3 Å². The Kier molecular flexibility index (Phi) is 1.51. The number of fused-ring (bicyclic) bond motifs is 1. The summed E-state index contributed by atoms with van der Waals surface area (Å²) in [5.41, 5.74) is 5.41. The van der Waals surface area contributed by atoms with E-state index in [1.807, 2.05) is 0 Å². The lowest BCUT2D eigenvalue weighted by atomic mass is 10.2. The van der Waals surface area contributed by atoms with Gasteiger partial charge in [-0.1, -0.05) is 0 Å². The van der Waals surface area contributed by atoms with Crippen molar-refractivity contribution < 1.29 is 8.78 Å². The van der Waals surface area contributed by atoms with Crippen LogP contribution in [0.15, 0.2) is 18.2 Å². The molecule has 2 rings (SSSR count). The van der Waals surface area contributed by atoms with Crippen molar-refractivity contribution in [3.63, 3.8) is 0 Å². The van der Waals surface area contributed by atoms with E-state index in [9.17, 15) is 8.78 Å². The van der Waals surface area contributed by atoms with Crippen LogP contribution in [0.4, 0.5) is 14.5 Å². The number of halogens is 2. The van der Waals surface area contributed by atoms with E-state index in [1.54, 1.807) is 0 Å². The van der Waals surface area contributed by atoms with E-state index in [0.717, 1.165) is 11.3 Å². The van der Waals surface area contributed by atoms with Crippen LogP contribution in [0, 0.1) is 10.9 Å². The Labute approximate surface area is 71.4 Å². The fourth-order valence-electron chi connectivity index (χ4n) is 1.06. The highest BCUT2D eigenvalue weighted by atomic mass is 32.1. The summed E-state index contributed by atoms with van der Waals surface area (Å²) in [5.74, 6) is -0.396. The van der Waals surface area contributed by atoms with E-state index in [2.05, 4.69) is 0 Å². The maximum Gasteiger partial charge on any atom is 0.200 e. The van der Waals surface area contributed by atoms with Crippen LogP contribution in [-0.4, -0.2) is 0 Å². The van der Waals surface area contributed by atoms with Gasteiger partial charge in [-0.3, -0.25) is 0 Å². The third-order valence-corrected chi connectivity index (χ3v) is 2.62. The van der Waals surface area contributed by atoms with Gasteiger partial charge in [0.25, 0.3) is 0 Å². The van der Waals surface area contributed by atoms with Crippen LogP contribution in [0.1, 0.15) is 0 Å². The van der Waals surface area contributed by atoms with Gasteiger partial charge in [0.2, 0.25) is 5.13 Å². The van der Waals surface area contributed by atoms with Crippen LogP contribution in [0.25, 0.3) is 10.1 Å². The second-order valence-corrected chi connectivity index (χ2v) is 3.43. The summed E-state index contributed by atoms with van der Waals surface area (Å²) >= 11 is 0.929. The third kappa shape index (κ3) is 0.956. The van der Waals surface area contributed by atoms with E-state index >= 15 is 0 Å². The zero-order valence-corrected chi connectivity index (χ0v) is 6.79. The highest BCUT2D eigenvalue weighted by Crippen LogP contribution is 2.32. The van der Waals surface area contributed by atoms with Gasteiger partial charge in [0, 0.05) is 10.1 Å². The number of benzene rings is 1. The standard InChI is InChI=1S/C8H5F2NS/c9-4-1-2-6-5(3-4)7(11)8(10)12-6/h1-3H,11H2. The van der Waals surface area contributed by atoms with Crippen molar-refractivity contribution in [2.75, 3.05) is 5.73 Å². The molecule has 0 fully saturated rings. The highest BCUT2D eigenvalue weighted by Gasteiger charge is 2.08. The smallest absolute Gasteiger partial charge is 0.200 e. The molecule has 12 heavy (non-hydrogen) atoms. The molecule has 1 heterocycles. The molecule has 0 amide bonds. The van der Waals surface area contributed by atoms with E-state index in [-0.39, 0.29) is 5.69 Å². The number of anilines is 1. The average molecular weight is 185 g/mol. The largest absolute Gasteiger partial charge is 0.395 e. The molecule has 0 spiro atoms. The van der Waals surface area contributed by atoms with Crippen molar-refractivity contribution in [2.45, 2.75) is 0 Å². The lowest BCUT2D eigenvalue weighted by molar-refractivity contribution is 0.630. The SMILES string of the molecule is Nc1c(F)sc2ccc(F)cc12. The Morgan fingerprint density at radius 1 is 1.25 bits per heavy atom. The summed E-state index contributed by atoms with van der Waals surface area (Å²) in [6.07, 6.45) is 0. The van der Waals surface area contributed by atoms with Gasteiger partial charge in [0.05, 0.1) is 5.69 Å². The van der Waals surface area contributed by atoms with E-state index < -0.39 is 10.9 Å². The number of hydrogen-bond donors (Lipinski definition) is 1. The highest BCUT2D eigenvalue weighted by molar-refractivity contribution is 7.18. The first kappa shape index (κ1) is 7.49. The number of thiophene rings is 1. The molecule has 1 nitrogen and oxygen atoms in total. The maximum absolute atomic E-state index is 12.8.